The van der Waals surface area contributed by atoms with Gasteiger partial charge in [0, 0.05) is 11.6 Å². The first-order valence-electron chi connectivity index (χ1n) is 7.00. The van der Waals surface area contributed by atoms with Crippen molar-refractivity contribution in [1.82, 2.24) is 5.32 Å². The molecule has 23 heavy (non-hydrogen) atoms. The number of hydrogen-bond donors (Lipinski definition) is 3. The second-order valence-electron chi connectivity index (χ2n) is 5.43. The number of rotatable bonds is 5. The minimum Gasteiger partial charge on any atom is -0.383 e. The van der Waals surface area contributed by atoms with Gasteiger partial charge in [0.15, 0.2) is 6.10 Å². The maximum absolute atomic E-state index is 13.7. The predicted octanol–water partition coefficient (Wildman–Crippen LogP) is 2.02. The molecule has 0 saturated heterocycles. The summed E-state index contributed by atoms with van der Waals surface area (Å²) in [6, 6.07) is 11.1. The number of amides is 1. The molecule has 2 aromatic carbocycles. The van der Waals surface area contributed by atoms with Crippen LogP contribution in [0.5, 0.6) is 0 Å². The van der Waals surface area contributed by atoms with Gasteiger partial charge in [-0.1, -0.05) is 36.4 Å². The van der Waals surface area contributed by atoms with Gasteiger partial charge in [0.05, 0.1) is 6.54 Å². The van der Waals surface area contributed by atoms with E-state index < -0.39 is 29.2 Å². The van der Waals surface area contributed by atoms with Crippen molar-refractivity contribution < 1.29 is 23.8 Å². The lowest BCUT2D eigenvalue weighted by atomic mass is 9.95. The summed E-state index contributed by atoms with van der Waals surface area (Å²) in [5, 5.41) is 22.6. The average Bonchev–Trinajstić information content (AvgIpc) is 2.52. The molecule has 3 N–H and O–H groups in total. The number of halogens is 2. The normalized spacial score (nSPS) is 14.8. The number of aliphatic hydroxyl groups excluding tert-OH is 1. The fourth-order valence-electron chi connectivity index (χ4n) is 2.16. The lowest BCUT2D eigenvalue weighted by Crippen LogP contribution is -2.41. The van der Waals surface area contributed by atoms with E-state index in [1.165, 1.54) is 6.92 Å². The van der Waals surface area contributed by atoms with Crippen molar-refractivity contribution in [2.24, 2.45) is 0 Å². The van der Waals surface area contributed by atoms with E-state index in [-0.39, 0.29) is 12.1 Å². The van der Waals surface area contributed by atoms with Crippen LogP contribution in [-0.4, -0.2) is 22.7 Å². The Labute approximate surface area is 132 Å². The van der Waals surface area contributed by atoms with Crippen molar-refractivity contribution in [2.45, 2.75) is 18.6 Å². The van der Waals surface area contributed by atoms with Crippen molar-refractivity contribution in [3.05, 3.63) is 71.3 Å². The summed E-state index contributed by atoms with van der Waals surface area (Å²) in [5.41, 5.74) is -1.49. The van der Waals surface area contributed by atoms with Gasteiger partial charge in [-0.15, -0.1) is 0 Å². The summed E-state index contributed by atoms with van der Waals surface area (Å²) in [4.78, 5) is 11.9. The smallest absolute Gasteiger partial charge is 0.253 e. The number of aliphatic hydroxyl groups is 2. The Bertz CT molecular complexity index is 689. The van der Waals surface area contributed by atoms with E-state index in [2.05, 4.69) is 5.32 Å². The monoisotopic (exact) mass is 321 g/mol. The highest BCUT2D eigenvalue weighted by atomic mass is 19.1. The third kappa shape index (κ3) is 4.12. The van der Waals surface area contributed by atoms with Crippen molar-refractivity contribution >= 4 is 5.91 Å². The van der Waals surface area contributed by atoms with E-state index in [0.29, 0.717) is 11.6 Å². The van der Waals surface area contributed by atoms with Crippen LogP contribution in [0.3, 0.4) is 0 Å². The highest BCUT2D eigenvalue weighted by molar-refractivity contribution is 5.81. The Balaban J connectivity index is 2.05. The number of carbonyl (C=O) groups excluding carboxylic acids is 1. The molecule has 0 saturated carbocycles. The van der Waals surface area contributed by atoms with Gasteiger partial charge in [-0.25, -0.2) is 8.78 Å². The topological polar surface area (TPSA) is 69.6 Å². The standard InChI is InChI=1S/C17H17F2NO3/c1-17(23,13-8-7-12(18)9-14(13)19)10-20-16(22)15(21)11-5-3-2-4-6-11/h2-9,15,21,23H,10H2,1H3,(H,20,22)/t15-,17?/m0/s1. The van der Waals surface area contributed by atoms with Gasteiger partial charge in [0.25, 0.3) is 5.91 Å². The first kappa shape index (κ1) is 17.1. The molecule has 2 atom stereocenters. The lowest BCUT2D eigenvalue weighted by Gasteiger charge is -2.25. The van der Waals surface area contributed by atoms with E-state index >= 15 is 0 Å². The Kier molecular flexibility index (Phi) is 5.08. The molecule has 0 aliphatic heterocycles. The highest BCUT2D eigenvalue weighted by Crippen LogP contribution is 2.24. The predicted molar refractivity (Wildman–Crippen MR) is 80.3 cm³/mol. The third-order valence-corrected chi connectivity index (χ3v) is 3.48. The van der Waals surface area contributed by atoms with Crippen molar-refractivity contribution in [1.29, 1.82) is 0 Å². The molecule has 0 radical (unpaired) electrons. The summed E-state index contributed by atoms with van der Waals surface area (Å²) < 4.78 is 26.7. The van der Waals surface area contributed by atoms with E-state index in [0.717, 1.165) is 12.1 Å². The zero-order valence-corrected chi connectivity index (χ0v) is 12.5. The molecule has 0 aliphatic rings. The first-order chi connectivity index (χ1) is 10.8. The van der Waals surface area contributed by atoms with Gasteiger partial charge in [-0.3, -0.25) is 4.79 Å². The molecule has 2 aromatic rings. The molecule has 0 aromatic heterocycles. The van der Waals surface area contributed by atoms with Crippen LogP contribution < -0.4 is 5.32 Å². The van der Waals surface area contributed by atoms with Crippen LogP contribution >= 0.6 is 0 Å². The van der Waals surface area contributed by atoms with E-state index in [1.54, 1.807) is 30.3 Å². The Morgan fingerprint density at radius 1 is 1.22 bits per heavy atom. The Hall–Kier alpha value is -2.31. The van der Waals surface area contributed by atoms with E-state index in [9.17, 15) is 23.8 Å². The van der Waals surface area contributed by atoms with Crippen LogP contribution in [0, 0.1) is 11.6 Å². The molecule has 6 heteroatoms. The van der Waals surface area contributed by atoms with Crippen LogP contribution in [0.4, 0.5) is 8.78 Å². The second kappa shape index (κ2) is 6.85. The quantitative estimate of drug-likeness (QED) is 0.789. The minimum absolute atomic E-state index is 0.145. The zero-order chi connectivity index (χ0) is 17.0. The summed E-state index contributed by atoms with van der Waals surface area (Å²) in [5.74, 6) is -2.39. The minimum atomic E-state index is -1.75. The first-order valence-corrected chi connectivity index (χ1v) is 7.00. The summed E-state index contributed by atoms with van der Waals surface area (Å²) in [7, 11) is 0. The van der Waals surface area contributed by atoms with Crippen LogP contribution in [0.2, 0.25) is 0 Å². The van der Waals surface area contributed by atoms with Gasteiger partial charge >= 0.3 is 0 Å². The van der Waals surface area contributed by atoms with Crippen LogP contribution in [0.1, 0.15) is 24.2 Å². The molecule has 2 rings (SSSR count). The Morgan fingerprint density at radius 2 is 1.87 bits per heavy atom. The zero-order valence-electron chi connectivity index (χ0n) is 12.5. The summed E-state index contributed by atoms with van der Waals surface area (Å²) in [6.07, 6.45) is -1.40. The third-order valence-electron chi connectivity index (χ3n) is 3.48. The van der Waals surface area contributed by atoms with Crippen LogP contribution in [0.25, 0.3) is 0 Å². The van der Waals surface area contributed by atoms with Gasteiger partial charge in [-0.2, -0.15) is 0 Å². The molecule has 4 nitrogen and oxygen atoms in total. The van der Waals surface area contributed by atoms with Gasteiger partial charge in [-0.05, 0) is 18.6 Å². The number of nitrogens with one attached hydrogen (secondary N) is 1. The van der Waals surface area contributed by atoms with Gasteiger partial charge in [0.1, 0.15) is 17.2 Å². The molecule has 0 heterocycles. The SMILES string of the molecule is CC(O)(CNC(=O)[C@@H](O)c1ccccc1)c1ccc(F)cc1F. The van der Waals surface area contributed by atoms with Crippen molar-refractivity contribution in [3.8, 4) is 0 Å². The molecular formula is C17H17F2NO3. The summed E-state index contributed by atoms with van der Waals surface area (Å²) >= 11 is 0. The average molecular weight is 321 g/mol. The fraction of sp³-hybridized carbons (Fsp3) is 0.235. The molecule has 0 aliphatic carbocycles. The molecular weight excluding hydrogens is 304 g/mol. The molecule has 1 amide bonds. The van der Waals surface area contributed by atoms with Crippen molar-refractivity contribution in [3.63, 3.8) is 0 Å². The van der Waals surface area contributed by atoms with E-state index in [4.69, 9.17) is 0 Å². The lowest BCUT2D eigenvalue weighted by molar-refractivity contribution is -0.130. The van der Waals surface area contributed by atoms with Crippen LogP contribution in [-0.2, 0) is 10.4 Å². The molecule has 122 valence electrons. The molecule has 0 spiro atoms. The van der Waals surface area contributed by atoms with E-state index in [1.807, 2.05) is 0 Å². The molecule has 0 bridgehead atoms. The maximum atomic E-state index is 13.7. The highest BCUT2D eigenvalue weighted by Gasteiger charge is 2.28. The Morgan fingerprint density at radius 3 is 2.48 bits per heavy atom. The number of hydrogen-bond acceptors (Lipinski definition) is 3. The second-order valence-corrected chi connectivity index (χ2v) is 5.43. The number of benzene rings is 2. The van der Waals surface area contributed by atoms with Crippen LogP contribution in [0.15, 0.2) is 48.5 Å². The number of carbonyl (C=O) groups is 1. The molecule has 1 unspecified atom stereocenters. The molecule has 0 fully saturated rings. The van der Waals surface area contributed by atoms with Crippen molar-refractivity contribution in [2.75, 3.05) is 6.54 Å². The maximum Gasteiger partial charge on any atom is 0.253 e. The van der Waals surface area contributed by atoms with Gasteiger partial charge < -0.3 is 15.5 Å². The fourth-order valence-corrected chi connectivity index (χ4v) is 2.16. The summed E-state index contributed by atoms with van der Waals surface area (Å²) in [6.45, 7) is 0.955. The van der Waals surface area contributed by atoms with Gasteiger partial charge in [0.2, 0.25) is 0 Å². The largest absolute Gasteiger partial charge is 0.383 e.